The lowest BCUT2D eigenvalue weighted by molar-refractivity contribution is 0.0252. The summed E-state index contributed by atoms with van der Waals surface area (Å²) in [6.45, 7) is 0.696. The first-order chi connectivity index (χ1) is 15.1. The molecular weight excluding hydrogens is 394 g/mol. The van der Waals surface area contributed by atoms with Crippen LogP contribution in [0.25, 0.3) is 0 Å². The third kappa shape index (κ3) is 4.86. The number of carbonyl (C=O) groups is 2. The predicted octanol–water partition coefficient (Wildman–Crippen LogP) is 3.96. The van der Waals surface area contributed by atoms with Crippen LogP contribution in [0.5, 0.6) is 11.5 Å². The van der Waals surface area contributed by atoms with E-state index in [9.17, 15) is 9.59 Å². The molecular formula is C25H23NO5. The highest BCUT2D eigenvalue weighted by atomic mass is 16.5. The smallest absolute Gasteiger partial charge is 0.339 e. The van der Waals surface area contributed by atoms with Crippen molar-refractivity contribution < 1.29 is 23.8 Å². The van der Waals surface area contributed by atoms with Crippen LogP contribution in [0.4, 0.5) is 0 Å². The van der Waals surface area contributed by atoms with E-state index in [2.05, 4.69) is 5.32 Å². The molecule has 1 aliphatic heterocycles. The summed E-state index contributed by atoms with van der Waals surface area (Å²) in [5, 5.41) is 2.85. The minimum atomic E-state index is -0.366. The molecule has 1 amide bonds. The van der Waals surface area contributed by atoms with Crippen LogP contribution in [0.1, 0.15) is 37.9 Å². The second-order valence-corrected chi connectivity index (χ2v) is 7.16. The maximum Gasteiger partial charge on any atom is 0.339 e. The van der Waals surface area contributed by atoms with Crippen molar-refractivity contribution in [2.24, 2.45) is 0 Å². The van der Waals surface area contributed by atoms with Gasteiger partial charge in [0.15, 0.2) is 0 Å². The number of rotatable bonds is 7. The van der Waals surface area contributed by atoms with Crippen molar-refractivity contribution in [3.8, 4) is 11.5 Å². The largest absolute Gasteiger partial charge is 0.497 e. The van der Waals surface area contributed by atoms with Gasteiger partial charge in [-0.15, -0.1) is 0 Å². The Labute approximate surface area is 180 Å². The molecule has 1 aliphatic rings. The van der Waals surface area contributed by atoms with Gasteiger partial charge >= 0.3 is 5.97 Å². The van der Waals surface area contributed by atoms with Gasteiger partial charge in [-0.3, -0.25) is 4.79 Å². The van der Waals surface area contributed by atoms with E-state index in [0.29, 0.717) is 36.4 Å². The van der Waals surface area contributed by atoms with Crippen LogP contribution in [0.2, 0.25) is 0 Å². The average Bonchev–Trinajstić information content (AvgIpc) is 2.82. The molecule has 3 aromatic rings. The van der Waals surface area contributed by atoms with E-state index in [1.807, 2.05) is 54.6 Å². The third-order valence-corrected chi connectivity index (χ3v) is 5.13. The van der Waals surface area contributed by atoms with Gasteiger partial charge in [0.1, 0.15) is 24.2 Å². The molecule has 1 atom stereocenters. The number of carbonyl (C=O) groups excluding carboxylic acids is 2. The average molecular weight is 417 g/mol. The van der Waals surface area contributed by atoms with E-state index in [1.54, 1.807) is 25.3 Å². The van der Waals surface area contributed by atoms with Crippen molar-refractivity contribution in [2.45, 2.75) is 12.5 Å². The van der Waals surface area contributed by atoms with Crippen LogP contribution < -0.4 is 14.8 Å². The van der Waals surface area contributed by atoms with Crippen molar-refractivity contribution in [1.29, 1.82) is 0 Å². The maximum absolute atomic E-state index is 12.6. The molecule has 1 N–H and O–H groups in total. The summed E-state index contributed by atoms with van der Waals surface area (Å²) in [6.07, 6.45) is 0.185. The normalized spacial score (nSPS) is 14.9. The second-order valence-electron chi connectivity index (χ2n) is 7.16. The van der Waals surface area contributed by atoms with Crippen LogP contribution >= 0.6 is 0 Å². The number of cyclic esters (lactones) is 1. The summed E-state index contributed by atoms with van der Waals surface area (Å²) in [5.41, 5.74) is 2.76. The first-order valence-corrected chi connectivity index (χ1v) is 10.1. The highest BCUT2D eigenvalue weighted by Crippen LogP contribution is 2.31. The zero-order valence-electron chi connectivity index (χ0n) is 17.2. The number of hydrogen-bond donors (Lipinski definition) is 1. The Hall–Kier alpha value is -3.80. The fraction of sp³-hybridized carbons (Fsp3) is 0.200. The molecule has 0 aliphatic carbocycles. The van der Waals surface area contributed by atoms with Crippen molar-refractivity contribution in [3.63, 3.8) is 0 Å². The Bertz CT molecular complexity index is 1060. The Morgan fingerprint density at radius 1 is 1.03 bits per heavy atom. The Morgan fingerprint density at radius 2 is 1.77 bits per heavy atom. The molecule has 158 valence electrons. The van der Waals surface area contributed by atoms with Gasteiger partial charge in [-0.2, -0.15) is 0 Å². The molecule has 0 aromatic heterocycles. The van der Waals surface area contributed by atoms with Gasteiger partial charge in [-0.25, -0.2) is 4.79 Å². The lowest BCUT2D eigenvalue weighted by Gasteiger charge is -2.25. The van der Waals surface area contributed by atoms with Crippen molar-refractivity contribution in [1.82, 2.24) is 5.32 Å². The molecule has 6 nitrogen and oxygen atoms in total. The molecule has 0 saturated heterocycles. The molecule has 4 rings (SSSR count). The lowest BCUT2D eigenvalue weighted by atomic mass is 9.93. The number of fused-ring (bicyclic) bond motifs is 1. The van der Waals surface area contributed by atoms with Gasteiger partial charge in [0.25, 0.3) is 5.91 Å². The van der Waals surface area contributed by atoms with E-state index in [1.165, 1.54) is 0 Å². The Morgan fingerprint density at radius 3 is 2.52 bits per heavy atom. The number of hydrogen-bond acceptors (Lipinski definition) is 5. The van der Waals surface area contributed by atoms with E-state index < -0.39 is 0 Å². The van der Waals surface area contributed by atoms with Crippen molar-refractivity contribution in [2.75, 3.05) is 20.3 Å². The van der Waals surface area contributed by atoms with Gasteiger partial charge < -0.3 is 19.5 Å². The minimum Gasteiger partial charge on any atom is -0.497 e. The van der Waals surface area contributed by atoms with Gasteiger partial charge in [0.2, 0.25) is 0 Å². The molecule has 6 heteroatoms. The fourth-order valence-electron chi connectivity index (χ4n) is 3.50. The maximum atomic E-state index is 12.6. The first kappa shape index (κ1) is 20.5. The standard InChI is InChI=1S/C25H23NO5/c1-29-20-8-10-21(11-9-20)30-14-13-26-24(27)18-7-12-22-19(15-18)16-23(31-25(22)28)17-5-3-2-4-6-17/h2-12,15,23H,13-14,16H2,1H3,(H,26,27)/t23-/m0/s1. The SMILES string of the molecule is COc1ccc(OCCNC(=O)c2ccc3c(c2)C[C@@H](c2ccccc2)OC3=O)cc1. The zero-order valence-corrected chi connectivity index (χ0v) is 17.2. The summed E-state index contributed by atoms with van der Waals surface area (Å²) in [4.78, 5) is 24.9. The van der Waals surface area contributed by atoms with Gasteiger partial charge in [0.05, 0.1) is 19.2 Å². The lowest BCUT2D eigenvalue weighted by Crippen LogP contribution is -2.29. The molecule has 0 bridgehead atoms. The Balaban J connectivity index is 1.35. The van der Waals surface area contributed by atoms with E-state index in [-0.39, 0.29) is 18.0 Å². The van der Waals surface area contributed by atoms with E-state index in [0.717, 1.165) is 16.9 Å². The number of nitrogens with one attached hydrogen (secondary N) is 1. The molecule has 0 fully saturated rings. The number of ether oxygens (including phenoxy) is 3. The molecule has 31 heavy (non-hydrogen) atoms. The van der Waals surface area contributed by atoms with E-state index >= 15 is 0 Å². The molecule has 0 radical (unpaired) electrons. The molecule has 1 heterocycles. The van der Waals surface area contributed by atoms with Crippen LogP contribution in [0.3, 0.4) is 0 Å². The van der Waals surface area contributed by atoms with Crippen LogP contribution in [-0.4, -0.2) is 32.1 Å². The summed E-state index contributed by atoms with van der Waals surface area (Å²) in [7, 11) is 1.61. The predicted molar refractivity (Wildman–Crippen MR) is 116 cm³/mol. The highest BCUT2D eigenvalue weighted by molar-refractivity contribution is 5.97. The quantitative estimate of drug-likeness (QED) is 0.465. The highest BCUT2D eigenvalue weighted by Gasteiger charge is 2.28. The van der Waals surface area contributed by atoms with Gasteiger partial charge in [-0.05, 0) is 53.6 Å². The number of esters is 1. The van der Waals surface area contributed by atoms with Gasteiger partial charge in [0, 0.05) is 12.0 Å². The fourth-order valence-corrected chi connectivity index (χ4v) is 3.50. The monoisotopic (exact) mass is 417 g/mol. The summed E-state index contributed by atoms with van der Waals surface area (Å²) in [5.74, 6) is 0.882. The topological polar surface area (TPSA) is 73.9 Å². The van der Waals surface area contributed by atoms with E-state index in [4.69, 9.17) is 14.2 Å². The summed E-state index contributed by atoms with van der Waals surface area (Å²) < 4.78 is 16.3. The second kappa shape index (κ2) is 9.34. The molecule has 3 aromatic carbocycles. The number of amides is 1. The van der Waals surface area contributed by atoms with Crippen LogP contribution in [0.15, 0.2) is 72.8 Å². The molecule has 0 spiro atoms. The first-order valence-electron chi connectivity index (χ1n) is 10.1. The number of benzene rings is 3. The number of methoxy groups -OCH3 is 1. The zero-order chi connectivity index (χ0) is 21.6. The summed E-state index contributed by atoms with van der Waals surface area (Å²) >= 11 is 0. The molecule has 0 unspecified atom stereocenters. The molecule has 0 saturated carbocycles. The Kier molecular flexibility index (Phi) is 6.17. The van der Waals surface area contributed by atoms with Crippen molar-refractivity contribution in [3.05, 3.63) is 95.1 Å². The minimum absolute atomic E-state index is 0.212. The third-order valence-electron chi connectivity index (χ3n) is 5.13. The van der Waals surface area contributed by atoms with Crippen LogP contribution in [-0.2, 0) is 11.2 Å². The van der Waals surface area contributed by atoms with Gasteiger partial charge in [-0.1, -0.05) is 30.3 Å². The van der Waals surface area contributed by atoms with Crippen LogP contribution in [0, 0.1) is 0 Å². The van der Waals surface area contributed by atoms with Crippen molar-refractivity contribution >= 4 is 11.9 Å². The summed E-state index contributed by atoms with van der Waals surface area (Å²) in [6, 6.07) is 21.9.